The fraction of sp³-hybridized carbons (Fsp3) is 0.350. The SMILES string of the molecule is COc1c([C@H](OC)C(F)(F)F)ccn2ncc(Nc3cc(NC(=O)C4CC4)ncc3O)c12. The van der Waals surface area contributed by atoms with Crippen LogP contribution in [0.3, 0.4) is 0 Å². The van der Waals surface area contributed by atoms with Gasteiger partial charge >= 0.3 is 6.18 Å². The summed E-state index contributed by atoms with van der Waals surface area (Å²) >= 11 is 0. The summed E-state index contributed by atoms with van der Waals surface area (Å²) in [6, 6.07) is 2.64. The summed E-state index contributed by atoms with van der Waals surface area (Å²) in [6.07, 6.45) is -1.34. The molecule has 32 heavy (non-hydrogen) atoms. The first-order chi connectivity index (χ1) is 15.2. The zero-order chi connectivity index (χ0) is 23.0. The van der Waals surface area contributed by atoms with E-state index >= 15 is 0 Å². The van der Waals surface area contributed by atoms with Crippen LogP contribution in [0.15, 0.2) is 30.7 Å². The van der Waals surface area contributed by atoms with Gasteiger partial charge < -0.3 is 25.2 Å². The average molecular weight is 451 g/mol. The number of halogens is 3. The van der Waals surface area contributed by atoms with E-state index in [0.29, 0.717) is 0 Å². The minimum atomic E-state index is -4.66. The standard InChI is InChI=1S/C20H20F3N5O4/c1-31-17-11(18(32-2)20(21,22)23)5-6-28-16(17)13(8-25-28)26-12-7-15(24-9-14(12)29)27-19(30)10-3-4-10/h5-10,18,29H,3-4H2,1-2H3,(H2,24,26,27,30)/t18-/m0/s1. The van der Waals surface area contributed by atoms with Gasteiger partial charge in [0.2, 0.25) is 5.91 Å². The fourth-order valence-corrected chi connectivity index (χ4v) is 3.35. The number of rotatable bonds is 7. The second kappa shape index (κ2) is 8.19. The number of fused-ring (bicyclic) bond motifs is 1. The second-order valence-corrected chi connectivity index (χ2v) is 7.29. The molecule has 0 unspecified atom stereocenters. The number of aromatic hydroxyl groups is 1. The number of ether oxygens (including phenoxy) is 2. The van der Waals surface area contributed by atoms with E-state index in [9.17, 15) is 23.1 Å². The van der Waals surface area contributed by atoms with Gasteiger partial charge in [-0.3, -0.25) is 4.79 Å². The molecular formula is C20H20F3N5O4. The summed E-state index contributed by atoms with van der Waals surface area (Å²) in [5, 5.41) is 19.9. The summed E-state index contributed by atoms with van der Waals surface area (Å²) < 4.78 is 51.7. The van der Waals surface area contributed by atoms with Crippen LogP contribution in [-0.4, -0.2) is 46.0 Å². The van der Waals surface area contributed by atoms with E-state index in [4.69, 9.17) is 4.74 Å². The number of carbonyl (C=O) groups is 1. The first-order valence-electron chi connectivity index (χ1n) is 9.63. The Morgan fingerprint density at radius 1 is 1.28 bits per heavy atom. The van der Waals surface area contributed by atoms with Gasteiger partial charge in [-0.25, -0.2) is 9.50 Å². The number of nitrogens with one attached hydrogen (secondary N) is 2. The summed E-state index contributed by atoms with van der Waals surface area (Å²) in [4.78, 5) is 16.0. The number of pyridine rings is 2. The molecule has 3 aromatic rings. The lowest BCUT2D eigenvalue weighted by molar-refractivity contribution is -0.216. The van der Waals surface area contributed by atoms with Crippen molar-refractivity contribution in [3.05, 3.63) is 36.3 Å². The van der Waals surface area contributed by atoms with Crippen molar-refractivity contribution in [2.24, 2.45) is 5.92 Å². The Morgan fingerprint density at radius 2 is 2.03 bits per heavy atom. The molecule has 1 fully saturated rings. The number of aromatic nitrogens is 3. The molecule has 0 radical (unpaired) electrons. The van der Waals surface area contributed by atoms with Gasteiger partial charge in [0, 0.05) is 30.9 Å². The Labute approximate surface area is 180 Å². The predicted molar refractivity (Wildman–Crippen MR) is 108 cm³/mol. The van der Waals surface area contributed by atoms with Crippen LogP contribution in [0.1, 0.15) is 24.5 Å². The molecule has 9 nitrogen and oxygen atoms in total. The molecular weight excluding hydrogens is 431 g/mol. The molecule has 0 aromatic carbocycles. The zero-order valence-corrected chi connectivity index (χ0v) is 17.1. The third-order valence-electron chi connectivity index (χ3n) is 5.04. The average Bonchev–Trinajstić information content (AvgIpc) is 3.52. The van der Waals surface area contributed by atoms with Crippen LogP contribution in [0, 0.1) is 5.92 Å². The first kappa shape index (κ1) is 21.7. The normalized spacial score (nSPS) is 14.9. The van der Waals surface area contributed by atoms with E-state index in [1.54, 1.807) is 0 Å². The van der Waals surface area contributed by atoms with Crippen molar-refractivity contribution < 1.29 is 32.5 Å². The molecule has 1 saturated carbocycles. The van der Waals surface area contributed by atoms with Gasteiger partial charge in [0.05, 0.1) is 30.9 Å². The van der Waals surface area contributed by atoms with E-state index in [-0.39, 0.29) is 51.6 Å². The first-order valence-corrected chi connectivity index (χ1v) is 9.63. The van der Waals surface area contributed by atoms with Crippen LogP contribution in [-0.2, 0) is 9.53 Å². The third-order valence-corrected chi connectivity index (χ3v) is 5.04. The minimum absolute atomic E-state index is 0.0355. The van der Waals surface area contributed by atoms with Gasteiger partial charge in [-0.05, 0) is 18.9 Å². The number of anilines is 3. The van der Waals surface area contributed by atoms with Crippen molar-refractivity contribution in [3.63, 3.8) is 0 Å². The van der Waals surface area contributed by atoms with Crippen molar-refractivity contribution in [2.45, 2.75) is 25.1 Å². The molecule has 3 heterocycles. The zero-order valence-electron chi connectivity index (χ0n) is 17.1. The lowest BCUT2D eigenvalue weighted by atomic mass is 10.1. The van der Waals surface area contributed by atoms with Gasteiger partial charge in [0.1, 0.15) is 11.3 Å². The van der Waals surface area contributed by atoms with E-state index in [0.717, 1.165) is 26.1 Å². The smallest absolute Gasteiger partial charge is 0.418 e. The maximum absolute atomic E-state index is 13.5. The van der Waals surface area contributed by atoms with Crippen molar-refractivity contribution in [1.29, 1.82) is 0 Å². The molecule has 4 rings (SSSR count). The maximum atomic E-state index is 13.5. The van der Waals surface area contributed by atoms with E-state index < -0.39 is 12.3 Å². The number of alkyl halides is 3. The molecule has 3 aromatic heterocycles. The van der Waals surface area contributed by atoms with Crippen LogP contribution in [0.5, 0.6) is 11.5 Å². The highest BCUT2D eigenvalue weighted by Gasteiger charge is 2.43. The van der Waals surface area contributed by atoms with E-state index in [1.807, 2.05) is 0 Å². The highest BCUT2D eigenvalue weighted by atomic mass is 19.4. The summed E-state index contributed by atoms with van der Waals surface area (Å²) in [5.74, 6) is -0.287. The van der Waals surface area contributed by atoms with Gasteiger partial charge in [0.15, 0.2) is 17.6 Å². The number of methoxy groups -OCH3 is 2. The van der Waals surface area contributed by atoms with Crippen molar-refractivity contribution >= 4 is 28.6 Å². The predicted octanol–water partition coefficient (Wildman–Crippen LogP) is 3.79. The molecule has 0 saturated heterocycles. The molecule has 1 amide bonds. The molecule has 1 aliphatic carbocycles. The molecule has 1 aliphatic rings. The van der Waals surface area contributed by atoms with Crippen LogP contribution in [0.4, 0.5) is 30.4 Å². The van der Waals surface area contributed by atoms with Crippen LogP contribution in [0.25, 0.3) is 5.52 Å². The Morgan fingerprint density at radius 3 is 2.66 bits per heavy atom. The van der Waals surface area contributed by atoms with E-state index in [2.05, 4.69) is 25.5 Å². The summed E-state index contributed by atoms with van der Waals surface area (Å²) in [7, 11) is 2.21. The van der Waals surface area contributed by atoms with Crippen molar-refractivity contribution in [1.82, 2.24) is 14.6 Å². The molecule has 3 N–H and O–H groups in total. The molecule has 170 valence electrons. The lowest BCUT2D eigenvalue weighted by Gasteiger charge is -2.22. The second-order valence-electron chi connectivity index (χ2n) is 7.29. The quantitative estimate of drug-likeness (QED) is 0.501. The Hall–Kier alpha value is -3.54. The maximum Gasteiger partial charge on any atom is 0.418 e. The van der Waals surface area contributed by atoms with Gasteiger partial charge in [-0.1, -0.05) is 0 Å². The topological polar surface area (TPSA) is 110 Å². The Balaban J connectivity index is 1.72. The van der Waals surface area contributed by atoms with Crippen LogP contribution in [0.2, 0.25) is 0 Å². The van der Waals surface area contributed by atoms with Crippen molar-refractivity contribution in [2.75, 3.05) is 24.9 Å². The van der Waals surface area contributed by atoms with Crippen LogP contribution < -0.4 is 15.4 Å². The fourth-order valence-electron chi connectivity index (χ4n) is 3.35. The molecule has 1 atom stereocenters. The highest BCUT2D eigenvalue weighted by Crippen LogP contribution is 2.43. The van der Waals surface area contributed by atoms with Crippen LogP contribution >= 0.6 is 0 Å². The minimum Gasteiger partial charge on any atom is -0.504 e. The Bertz CT molecular complexity index is 1160. The van der Waals surface area contributed by atoms with Gasteiger partial charge in [-0.15, -0.1) is 0 Å². The monoisotopic (exact) mass is 451 g/mol. The summed E-state index contributed by atoms with van der Waals surface area (Å²) in [5.41, 5.74) is 0.417. The molecule has 0 spiro atoms. The number of nitrogens with zero attached hydrogens (tertiary/aromatic N) is 3. The van der Waals surface area contributed by atoms with Crippen molar-refractivity contribution in [3.8, 4) is 11.5 Å². The lowest BCUT2D eigenvalue weighted by Crippen LogP contribution is -2.23. The molecule has 0 bridgehead atoms. The third kappa shape index (κ3) is 4.13. The van der Waals surface area contributed by atoms with E-state index in [1.165, 1.54) is 36.2 Å². The molecule has 12 heteroatoms. The largest absolute Gasteiger partial charge is 0.504 e. The number of hydrogen-bond acceptors (Lipinski definition) is 7. The molecule has 0 aliphatic heterocycles. The number of amides is 1. The number of carbonyl (C=O) groups excluding carboxylic acids is 1. The number of hydrogen-bond donors (Lipinski definition) is 3. The van der Waals surface area contributed by atoms with Gasteiger partial charge in [-0.2, -0.15) is 18.3 Å². The Kier molecular flexibility index (Phi) is 5.55. The van der Waals surface area contributed by atoms with Gasteiger partial charge in [0.25, 0.3) is 0 Å². The summed E-state index contributed by atoms with van der Waals surface area (Å²) in [6.45, 7) is 0. The highest BCUT2D eigenvalue weighted by molar-refractivity contribution is 5.94.